The van der Waals surface area contributed by atoms with Crippen LogP contribution in [-0.4, -0.2) is 6.54 Å². The molecule has 0 heterocycles. The summed E-state index contributed by atoms with van der Waals surface area (Å²) in [6.45, 7) is 2.92. The van der Waals surface area contributed by atoms with Crippen LogP contribution in [0.1, 0.15) is 24.0 Å². The molecular weight excluding hydrogens is 178 g/mol. The number of rotatable bonds is 2. The number of aryl methyl sites for hydroxylation is 1. The Balaban J connectivity index is 0.000000845. The Morgan fingerprint density at radius 1 is 1.23 bits per heavy atom. The molecule has 13 heavy (non-hydrogen) atoms. The average Bonchev–Trinajstić information content (AvgIpc) is 2.86. The van der Waals surface area contributed by atoms with E-state index in [1.165, 1.54) is 24.0 Å². The van der Waals surface area contributed by atoms with Crippen LogP contribution in [0.4, 0.5) is 0 Å². The van der Waals surface area contributed by atoms with Gasteiger partial charge in [-0.2, -0.15) is 13.5 Å². The predicted octanol–water partition coefficient (Wildman–Crippen LogP) is 2.10. The Bertz CT molecular complexity index is 275. The fraction of sp³-hybridized carbons (Fsp3) is 0.455. The van der Waals surface area contributed by atoms with Gasteiger partial charge in [0.25, 0.3) is 0 Å². The molecule has 0 unspecified atom stereocenters. The molecule has 1 aliphatic carbocycles. The number of hydrogen-bond acceptors (Lipinski definition) is 1. The van der Waals surface area contributed by atoms with Crippen LogP contribution >= 0.6 is 13.5 Å². The number of hydrogen-bond donors (Lipinski definition) is 1. The van der Waals surface area contributed by atoms with Crippen molar-refractivity contribution in [2.75, 3.05) is 6.54 Å². The van der Waals surface area contributed by atoms with Gasteiger partial charge in [-0.15, -0.1) is 0 Å². The molecule has 1 nitrogen and oxygen atoms in total. The molecule has 72 valence electrons. The first-order valence-electron chi connectivity index (χ1n) is 4.54. The minimum atomic E-state index is 0. The van der Waals surface area contributed by atoms with Gasteiger partial charge in [-0.25, -0.2) is 0 Å². The molecule has 0 aromatic heterocycles. The number of benzene rings is 1. The summed E-state index contributed by atoms with van der Waals surface area (Å²) in [6.07, 6.45) is 2.54. The molecule has 0 aliphatic heterocycles. The van der Waals surface area contributed by atoms with Gasteiger partial charge in [-0.05, 0) is 25.3 Å². The lowest BCUT2D eigenvalue weighted by Crippen LogP contribution is -2.19. The lowest BCUT2D eigenvalue weighted by atomic mass is 9.95. The maximum absolute atomic E-state index is 5.74. The highest BCUT2D eigenvalue weighted by Gasteiger charge is 2.42. The third kappa shape index (κ3) is 1.89. The van der Waals surface area contributed by atoms with E-state index in [1.807, 2.05) is 0 Å². The van der Waals surface area contributed by atoms with Gasteiger partial charge in [-0.3, -0.25) is 0 Å². The number of nitrogens with two attached hydrogens (primary N) is 1. The summed E-state index contributed by atoms with van der Waals surface area (Å²) in [6, 6.07) is 8.78. The lowest BCUT2D eigenvalue weighted by Gasteiger charge is -2.12. The van der Waals surface area contributed by atoms with E-state index in [2.05, 4.69) is 31.2 Å². The quantitative estimate of drug-likeness (QED) is 0.768. The molecule has 0 radical (unpaired) electrons. The van der Waals surface area contributed by atoms with Gasteiger partial charge < -0.3 is 5.73 Å². The maximum Gasteiger partial charge on any atom is 0.00762 e. The highest BCUT2D eigenvalue weighted by Crippen LogP contribution is 2.46. The van der Waals surface area contributed by atoms with E-state index >= 15 is 0 Å². The van der Waals surface area contributed by atoms with Crippen molar-refractivity contribution in [2.45, 2.75) is 25.2 Å². The summed E-state index contributed by atoms with van der Waals surface area (Å²) < 4.78 is 0. The van der Waals surface area contributed by atoms with Gasteiger partial charge in [0.05, 0.1) is 0 Å². The normalized spacial score (nSPS) is 17.7. The maximum atomic E-state index is 5.74. The Morgan fingerprint density at radius 3 is 2.15 bits per heavy atom. The van der Waals surface area contributed by atoms with Crippen LogP contribution < -0.4 is 5.73 Å². The van der Waals surface area contributed by atoms with Crippen molar-refractivity contribution in [3.05, 3.63) is 35.4 Å². The van der Waals surface area contributed by atoms with Crippen LogP contribution in [0.5, 0.6) is 0 Å². The van der Waals surface area contributed by atoms with Crippen LogP contribution in [0.15, 0.2) is 24.3 Å². The fourth-order valence-electron chi connectivity index (χ4n) is 1.67. The van der Waals surface area contributed by atoms with E-state index < -0.39 is 0 Å². The predicted molar refractivity (Wildman–Crippen MR) is 61.5 cm³/mol. The minimum absolute atomic E-state index is 0. The van der Waals surface area contributed by atoms with Crippen molar-refractivity contribution >= 4 is 13.5 Å². The van der Waals surface area contributed by atoms with Gasteiger partial charge in [0.2, 0.25) is 0 Å². The van der Waals surface area contributed by atoms with Crippen molar-refractivity contribution in [3.63, 3.8) is 0 Å². The first kappa shape index (κ1) is 10.6. The zero-order chi connectivity index (χ0) is 8.60. The molecule has 2 N–H and O–H groups in total. The van der Waals surface area contributed by atoms with Crippen molar-refractivity contribution in [2.24, 2.45) is 5.73 Å². The van der Waals surface area contributed by atoms with Crippen molar-refractivity contribution in [1.29, 1.82) is 0 Å². The van der Waals surface area contributed by atoms with Crippen molar-refractivity contribution in [1.82, 2.24) is 0 Å². The molecule has 2 heteroatoms. The Kier molecular flexibility index (Phi) is 3.04. The van der Waals surface area contributed by atoms with Crippen LogP contribution in [0.2, 0.25) is 0 Å². The standard InChI is InChI=1S/C11H15N.H2S/c1-9-2-4-10(5-3-9)11(8-12)6-7-11;/h2-5H,6-8,12H2,1H3;1H2. The second-order valence-electron chi connectivity index (χ2n) is 3.85. The molecule has 1 aromatic rings. The average molecular weight is 195 g/mol. The van der Waals surface area contributed by atoms with Gasteiger partial charge in [0.15, 0.2) is 0 Å². The van der Waals surface area contributed by atoms with Crippen LogP contribution in [-0.2, 0) is 5.41 Å². The van der Waals surface area contributed by atoms with Crippen LogP contribution in [0.3, 0.4) is 0 Å². The van der Waals surface area contributed by atoms with Crippen molar-refractivity contribution < 1.29 is 0 Å². The molecule has 1 aliphatic rings. The second kappa shape index (κ2) is 3.72. The highest BCUT2D eigenvalue weighted by molar-refractivity contribution is 7.59. The monoisotopic (exact) mass is 195 g/mol. The summed E-state index contributed by atoms with van der Waals surface area (Å²) in [5.74, 6) is 0. The summed E-state index contributed by atoms with van der Waals surface area (Å²) >= 11 is 0. The zero-order valence-corrected chi connectivity index (χ0v) is 9.01. The van der Waals surface area contributed by atoms with Gasteiger partial charge >= 0.3 is 0 Å². The summed E-state index contributed by atoms with van der Waals surface area (Å²) in [5.41, 5.74) is 8.85. The third-order valence-electron chi connectivity index (χ3n) is 2.91. The molecule has 1 saturated carbocycles. The van der Waals surface area contributed by atoms with E-state index in [0.717, 1.165) is 6.54 Å². The van der Waals surface area contributed by atoms with Crippen molar-refractivity contribution in [3.8, 4) is 0 Å². The summed E-state index contributed by atoms with van der Waals surface area (Å²) in [7, 11) is 0. The van der Waals surface area contributed by atoms with E-state index in [1.54, 1.807) is 0 Å². The van der Waals surface area contributed by atoms with E-state index in [4.69, 9.17) is 5.73 Å². The SMILES string of the molecule is Cc1ccc(C2(CN)CC2)cc1.S. The fourth-order valence-corrected chi connectivity index (χ4v) is 1.67. The van der Waals surface area contributed by atoms with Gasteiger partial charge in [0, 0.05) is 12.0 Å². The van der Waals surface area contributed by atoms with E-state index in [-0.39, 0.29) is 13.5 Å². The lowest BCUT2D eigenvalue weighted by molar-refractivity contribution is 0.704. The largest absolute Gasteiger partial charge is 0.330 e. The van der Waals surface area contributed by atoms with Crippen LogP contribution in [0, 0.1) is 6.92 Å². The Labute approximate surface area is 86.8 Å². The van der Waals surface area contributed by atoms with Gasteiger partial charge in [-0.1, -0.05) is 29.8 Å². The first-order chi connectivity index (χ1) is 5.77. The van der Waals surface area contributed by atoms with E-state index in [9.17, 15) is 0 Å². The molecular formula is C11H17NS. The molecule has 0 amide bonds. The first-order valence-corrected chi connectivity index (χ1v) is 4.54. The smallest absolute Gasteiger partial charge is 0.00762 e. The molecule has 0 saturated heterocycles. The molecule has 0 bridgehead atoms. The highest BCUT2D eigenvalue weighted by atomic mass is 32.1. The Hall–Kier alpha value is -0.470. The van der Waals surface area contributed by atoms with Gasteiger partial charge in [0.1, 0.15) is 0 Å². The topological polar surface area (TPSA) is 26.0 Å². The molecule has 0 atom stereocenters. The third-order valence-corrected chi connectivity index (χ3v) is 2.91. The zero-order valence-electron chi connectivity index (χ0n) is 8.01. The molecule has 1 aromatic carbocycles. The molecule has 2 rings (SSSR count). The minimum Gasteiger partial charge on any atom is -0.330 e. The second-order valence-corrected chi connectivity index (χ2v) is 3.85. The Morgan fingerprint density at radius 2 is 1.77 bits per heavy atom. The molecule has 1 fully saturated rings. The van der Waals surface area contributed by atoms with Crippen LogP contribution in [0.25, 0.3) is 0 Å². The molecule has 0 spiro atoms. The van der Waals surface area contributed by atoms with E-state index in [0.29, 0.717) is 5.41 Å². The summed E-state index contributed by atoms with van der Waals surface area (Å²) in [4.78, 5) is 0. The summed E-state index contributed by atoms with van der Waals surface area (Å²) in [5, 5.41) is 0.